The molecule has 0 fully saturated rings. The van der Waals surface area contributed by atoms with Crippen molar-refractivity contribution in [2.45, 2.75) is 13.0 Å². The Bertz CT molecular complexity index is 242. The Kier molecular flexibility index (Phi) is 2.79. The van der Waals surface area contributed by atoms with Gasteiger partial charge in [0.15, 0.2) is 5.82 Å². The molecule has 1 aromatic rings. The van der Waals surface area contributed by atoms with Crippen LogP contribution in [0.1, 0.15) is 18.9 Å². The Morgan fingerprint density at radius 1 is 1.64 bits per heavy atom. The number of hydrogen-bond acceptors (Lipinski definition) is 3. The Hall–Kier alpha value is -0.670. The zero-order valence-electron chi connectivity index (χ0n) is 6.41. The van der Waals surface area contributed by atoms with Crippen molar-refractivity contribution in [3.63, 3.8) is 0 Å². The SMILES string of the molecule is COC(C)c1nccc(Cl)n1. The molecule has 0 bridgehead atoms. The van der Waals surface area contributed by atoms with Gasteiger partial charge < -0.3 is 4.74 Å². The molecule has 3 nitrogen and oxygen atoms in total. The summed E-state index contributed by atoms with van der Waals surface area (Å²) in [4.78, 5) is 7.96. The quantitative estimate of drug-likeness (QED) is 0.639. The van der Waals surface area contributed by atoms with Gasteiger partial charge in [0.05, 0.1) is 0 Å². The molecule has 1 rings (SSSR count). The van der Waals surface area contributed by atoms with Crippen LogP contribution in [0.5, 0.6) is 0 Å². The largest absolute Gasteiger partial charge is 0.374 e. The molecule has 0 N–H and O–H groups in total. The number of halogens is 1. The molecule has 0 aliphatic rings. The highest BCUT2D eigenvalue weighted by molar-refractivity contribution is 6.29. The van der Waals surface area contributed by atoms with Gasteiger partial charge in [-0.3, -0.25) is 0 Å². The first kappa shape index (κ1) is 8.43. The molecule has 60 valence electrons. The van der Waals surface area contributed by atoms with Gasteiger partial charge in [-0.05, 0) is 13.0 Å². The molecule has 0 saturated carbocycles. The lowest BCUT2D eigenvalue weighted by Crippen LogP contribution is -2.01. The lowest BCUT2D eigenvalue weighted by Gasteiger charge is -2.06. The maximum atomic E-state index is 5.64. The van der Waals surface area contributed by atoms with Crippen LogP contribution in [-0.2, 0) is 4.74 Å². The van der Waals surface area contributed by atoms with Crippen molar-refractivity contribution in [2.75, 3.05) is 7.11 Å². The minimum atomic E-state index is -0.103. The number of rotatable bonds is 2. The zero-order valence-corrected chi connectivity index (χ0v) is 7.17. The van der Waals surface area contributed by atoms with Crippen LogP contribution in [-0.4, -0.2) is 17.1 Å². The number of hydrogen-bond donors (Lipinski definition) is 0. The van der Waals surface area contributed by atoms with Gasteiger partial charge in [-0.2, -0.15) is 0 Å². The van der Waals surface area contributed by atoms with Gasteiger partial charge in [-0.15, -0.1) is 0 Å². The van der Waals surface area contributed by atoms with Crippen LogP contribution in [0.2, 0.25) is 5.15 Å². The first-order valence-corrected chi connectivity index (χ1v) is 3.63. The first-order chi connectivity index (χ1) is 5.24. The lowest BCUT2D eigenvalue weighted by molar-refractivity contribution is 0.112. The highest BCUT2D eigenvalue weighted by atomic mass is 35.5. The standard InChI is InChI=1S/C7H9ClN2O/c1-5(11-2)7-9-4-3-6(8)10-7/h3-5H,1-2H3. The fourth-order valence-corrected chi connectivity index (χ4v) is 0.795. The second-order valence-corrected chi connectivity index (χ2v) is 2.50. The maximum absolute atomic E-state index is 5.64. The molecule has 0 spiro atoms. The second-order valence-electron chi connectivity index (χ2n) is 2.12. The number of methoxy groups -OCH3 is 1. The molecule has 0 aromatic carbocycles. The van der Waals surface area contributed by atoms with Gasteiger partial charge in [0.25, 0.3) is 0 Å². The summed E-state index contributed by atoms with van der Waals surface area (Å²) >= 11 is 5.64. The van der Waals surface area contributed by atoms with Gasteiger partial charge in [0, 0.05) is 13.3 Å². The van der Waals surface area contributed by atoms with Gasteiger partial charge in [-0.1, -0.05) is 11.6 Å². The van der Waals surface area contributed by atoms with Gasteiger partial charge >= 0.3 is 0 Å². The summed E-state index contributed by atoms with van der Waals surface area (Å²) in [6.45, 7) is 1.87. The number of nitrogens with zero attached hydrogens (tertiary/aromatic N) is 2. The third-order valence-electron chi connectivity index (χ3n) is 1.36. The van der Waals surface area contributed by atoms with Gasteiger partial charge in [0.2, 0.25) is 0 Å². The summed E-state index contributed by atoms with van der Waals surface area (Å²) in [6.07, 6.45) is 1.51. The summed E-state index contributed by atoms with van der Waals surface area (Å²) in [5.74, 6) is 0.611. The van der Waals surface area contributed by atoms with Crippen LogP contribution >= 0.6 is 11.6 Å². The fourth-order valence-electron chi connectivity index (χ4n) is 0.652. The molecule has 11 heavy (non-hydrogen) atoms. The van der Waals surface area contributed by atoms with Crippen molar-refractivity contribution in [3.05, 3.63) is 23.2 Å². The Balaban J connectivity index is 2.86. The molecule has 0 radical (unpaired) electrons. The van der Waals surface area contributed by atoms with Crippen LogP contribution in [0.3, 0.4) is 0 Å². The van der Waals surface area contributed by atoms with E-state index in [9.17, 15) is 0 Å². The molecule has 1 aromatic heterocycles. The average Bonchev–Trinajstić information content (AvgIpc) is 2.03. The minimum absolute atomic E-state index is 0.103. The van der Waals surface area contributed by atoms with E-state index in [4.69, 9.17) is 16.3 Å². The van der Waals surface area contributed by atoms with Crippen LogP contribution < -0.4 is 0 Å². The molecular weight excluding hydrogens is 164 g/mol. The molecule has 0 aliphatic heterocycles. The van der Waals surface area contributed by atoms with E-state index in [1.807, 2.05) is 6.92 Å². The normalized spacial score (nSPS) is 13.0. The molecule has 0 amide bonds. The number of aromatic nitrogens is 2. The van der Waals surface area contributed by atoms with Crippen molar-refractivity contribution < 1.29 is 4.74 Å². The van der Waals surface area contributed by atoms with Crippen LogP contribution in [0, 0.1) is 0 Å². The molecular formula is C7H9ClN2O. The van der Waals surface area contributed by atoms with E-state index in [1.165, 1.54) is 0 Å². The van der Waals surface area contributed by atoms with Crippen molar-refractivity contribution >= 4 is 11.6 Å². The molecule has 1 heterocycles. The lowest BCUT2D eigenvalue weighted by atomic mass is 10.4. The van der Waals surface area contributed by atoms with Crippen molar-refractivity contribution in [1.82, 2.24) is 9.97 Å². The number of ether oxygens (including phenoxy) is 1. The van der Waals surface area contributed by atoms with E-state index >= 15 is 0 Å². The fraction of sp³-hybridized carbons (Fsp3) is 0.429. The molecule has 1 unspecified atom stereocenters. The topological polar surface area (TPSA) is 35.0 Å². The minimum Gasteiger partial charge on any atom is -0.374 e. The summed E-state index contributed by atoms with van der Waals surface area (Å²) in [7, 11) is 1.61. The third kappa shape index (κ3) is 2.13. The van der Waals surface area contributed by atoms with Crippen molar-refractivity contribution in [3.8, 4) is 0 Å². The van der Waals surface area contributed by atoms with E-state index in [0.29, 0.717) is 11.0 Å². The third-order valence-corrected chi connectivity index (χ3v) is 1.57. The monoisotopic (exact) mass is 172 g/mol. The molecule has 1 atom stereocenters. The summed E-state index contributed by atoms with van der Waals surface area (Å²) in [6, 6.07) is 1.63. The van der Waals surface area contributed by atoms with Gasteiger partial charge in [-0.25, -0.2) is 9.97 Å². The summed E-state index contributed by atoms with van der Waals surface area (Å²) in [5.41, 5.74) is 0. The maximum Gasteiger partial charge on any atom is 0.158 e. The van der Waals surface area contributed by atoms with Crippen LogP contribution in [0.15, 0.2) is 12.3 Å². The first-order valence-electron chi connectivity index (χ1n) is 3.25. The van der Waals surface area contributed by atoms with E-state index in [-0.39, 0.29) is 6.10 Å². The van der Waals surface area contributed by atoms with Crippen LogP contribution in [0.25, 0.3) is 0 Å². The second kappa shape index (κ2) is 3.64. The molecule has 0 saturated heterocycles. The summed E-state index contributed by atoms with van der Waals surface area (Å²) < 4.78 is 5.01. The van der Waals surface area contributed by atoms with Crippen molar-refractivity contribution in [1.29, 1.82) is 0 Å². The smallest absolute Gasteiger partial charge is 0.158 e. The zero-order chi connectivity index (χ0) is 8.27. The van der Waals surface area contributed by atoms with E-state index in [1.54, 1.807) is 19.4 Å². The highest BCUT2D eigenvalue weighted by Gasteiger charge is 2.05. The highest BCUT2D eigenvalue weighted by Crippen LogP contribution is 2.11. The van der Waals surface area contributed by atoms with E-state index in [2.05, 4.69) is 9.97 Å². The van der Waals surface area contributed by atoms with E-state index in [0.717, 1.165) is 0 Å². The Morgan fingerprint density at radius 2 is 2.36 bits per heavy atom. The predicted molar refractivity (Wildman–Crippen MR) is 42.5 cm³/mol. The molecule has 4 heteroatoms. The Morgan fingerprint density at radius 3 is 2.91 bits per heavy atom. The van der Waals surface area contributed by atoms with Crippen molar-refractivity contribution in [2.24, 2.45) is 0 Å². The van der Waals surface area contributed by atoms with Crippen LogP contribution in [0.4, 0.5) is 0 Å². The predicted octanol–water partition coefficient (Wildman–Crippen LogP) is 1.84. The average molecular weight is 173 g/mol. The molecule has 0 aliphatic carbocycles. The van der Waals surface area contributed by atoms with E-state index < -0.39 is 0 Å². The van der Waals surface area contributed by atoms with Gasteiger partial charge in [0.1, 0.15) is 11.3 Å². The Labute approximate surface area is 70.4 Å². The summed E-state index contributed by atoms with van der Waals surface area (Å²) in [5, 5.41) is 0.443.